The fourth-order valence-electron chi connectivity index (χ4n) is 2.63. The molecule has 0 fully saturated rings. The molecule has 0 aliphatic heterocycles. The Labute approximate surface area is 146 Å². The fourth-order valence-corrected chi connectivity index (χ4v) is 3.36. The van der Waals surface area contributed by atoms with Gasteiger partial charge in [-0.1, -0.05) is 48.2 Å². The summed E-state index contributed by atoms with van der Waals surface area (Å²) in [4.78, 5) is 0. The number of ether oxygens (including phenoxy) is 1. The van der Waals surface area contributed by atoms with E-state index < -0.39 is 0 Å². The van der Waals surface area contributed by atoms with Gasteiger partial charge in [0.15, 0.2) is 5.16 Å². The predicted molar refractivity (Wildman–Crippen MR) is 98.2 cm³/mol. The second-order valence-electron chi connectivity index (χ2n) is 5.69. The highest BCUT2D eigenvalue weighted by atomic mass is 32.2. The average molecular weight is 339 g/mol. The Morgan fingerprint density at radius 1 is 0.958 bits per heavy atom. The Morgan fingerprint density at radius 3 is 2.42 bits per heavy atom. The van der Waals surface area contributed by atoms with E-state index >= 15 is 0 Å². The quantitative estimate of drug-likeness (QED) is 0.494. The number of para-hydroxylation sites is 2. The highest BCUT2D eigenvalue weighted by molar-refractivity contribution is 7.99. The smallest absolute Gasteiger partial charge is 0.195 e. The van der Waals surface area contributed by atoms with Gasteiger partial charge in [0.25, 0.3) is 0 Å². The monoisotopic (exact) mass is 339 g/mol. The second-order valence-corrected chi connectivity index (χ2v) is 6.75. The minimum absolute atomic E-state index is 0.636. The number of aromatic nitrogens is 3. The van der Waals surface area contributed by atoms with Crippen molar-refractivity contribution in [1.82, 2.24) is 14.8 Å². The van der Waals surface area contributed by atoms with Crippen molar-refractivity contribution in [2.45, 2.75) is 25.9 Å². The lowest BCUT2D eigenvalue weighted by molar-refractivity contribution is 0.339. The number of aryl methyl sites for hydroxylation is 3. The van der Waals surface area contributed by atoms with Crippen LogP contribution in [-0.4, -0.2) is 27.1 Å². The normalized spacial score (nSPS) is 10.8. The molecule has 3 aromatic rings. The van der Waals surface area contributed by atoms with E-state index in [0.29, 0.717) is 6.61 Å². The average Bonchev–Trinajstić information content (AvgIpc) is 3.02. The molecule has 0 amide bonds. The maximum Gasteiger partial charge on any atom is 0.195 e. The van der Waals surface area contributed by atoms with Gasteiger partial charge in [0, 0.05) is 5.75 Å². The largest absolute Gasteiger partial charge is 0.492 e. The van der Waals surface area contributed by atoms with Crippen LogP contribution in [0.25, 0.3) is 5.69 Å². The van der Waals surface area contributed by atoms with Crippen LogP contribution in [0.2, 0.25) is 0 Å². The molecule has 24 heavy (non-hydrogen) atoms. The molecule has 5 heteroatoms. The van der Waals surface area contributed by atoms with Gasteiger partial charge in [0.05, 0.1) is 12.3 Å². The Bertz CT molecular complexity index is 809. The van der Waals surface area contributed by atoms with Crippen LogP contribution < -0.4 is 4.74 Å². The number of rotatable bonds is 6. The molecule has 124 valence electrons. The summed E-state index contributed by atoms with van der Waals surface area (Å²) in [6, 6.07) is 14.4. The van der Waals surface area contributed by atoms with Crippen molar-refractivity contribution in [2.24, 2.45) is 0 Å². The van der Waals surface area contributed by atoms with Gasteiger partial charge in [-0.15, -0.1) is 10.2 Å². The van der Waals surface area contributed by atoms with Crippen molar-refractivity contribution in [3.8, 4) is 11.4 Å². The van der Waals surface area contributed by atoms with Gasteiger partial charge in [-0.3, -0.25) is 4.57 Å². The topological polar surface area (TPSA) is 39.9 Å². The zero-order valence-electron chi connectivity index (χ0n) is 14.2. The second kappa shape index (κ2) is 7.53. The van der Waals surface area contributed by atoms with Crippen LogP contribution in [0.1, 0.15) is 16.7 Å². The third-order valence-electron chi connectivity index (χ3n) is 3.86. The molecule has 1 aromatic heterocycles. The summed E-state index contributed by atoms with van der Waals surface area (Å²) < 4.78 is 7.98. The molecule has 0 atom stereocenters. The molecule has 0 aliphatic rings. The molecule has 0 N–H and O–H groups in total. The number of nitrogens with zero attached hydrogens (tertiary/aromatic N) is 3. The van der Waals surface area contributed by atoms with Crippen LogP contribution in [0.3, 0.4) is 0 Å². The van der Waals surface area contributed by atoms with Crippen molar-refractivity contribution in [2.75, 3.05) is 12.4 Å². The number of hydrogen-bond acceptors (Lipinski definition) is 4. The summed E-state index contributed by atoms with van der Waals surface area (Å²) in [5, 5.41) is 9.17. The van der Waals surface area contributed by atoms with E-state index in [1.54, 1.807) is 18.1 Å². The van der Waals surface area contributed by atoms with E-state index in [2.05, 4.69) is 61.3 Å². The molecule has 0 bridgehead atoms. The lowest BCUT2D eigenvalue weighted by Crippen LogP contribution is -2.04. The van der Waals surface area contributed by atoms with E-state index in [-0.39, 0.29) is 0 Å². The summed E-state index contributed by atoms with van der Waals surface area (Å²) >= 11 is 1.65. The standard InChI is InChI=1S/C19H21N3OS/c1-14-7-4-5-10-17(14)22-13-20-21-19(22)24-12-11-23-18-15(2)8-6-9-16(18)3/h4-10,13H,11-12H2,1-3H3. The molecular weight excluding hydrogens is 318 g/mol. The third-order valence-corrected chi connectivity index (χ3v) is 4.77. The predicted octanol–water partition coefficient (Wildman–Crippen LogP) is 4.36. The van der Waals surface area contributed by atoms with Crippen molar-refractivity contribution in [3.63, 3.8) is 0 Å². The van der Waals surface area contributed by atoms with E-state index in [9.17, 15) is 0 Å². The molecule has 0 aliphatic carbocycles. The van der Waals surface area contributed by atoms with Gasteiger partial charge in [0.2, 0.25) is 0 Å². The van der Waals surface area contributed by atoms with Crippen molar-refractivity contribution in [3.05, 3.63) is 65.5 Å². The van der Waals surface area contributed by atoms with Gasteiger partial charge in [-0.05, 0) is 43.5 Å². The maximum absolute atomic E-state index is 5.96. The summed E-state index contributed by atoms with van der Waals surface area (Å²) in [5.74, 6) is 1.80. The fraction of sp³-hybridized carbons (Fsp3) is 0.263. The molecule has 4 nitrogen and oxygen atoms in total. The minimum atomic E-state index is 0.636. The van der Waals surface area contributed by atoms with Crippen LogP contribution in [0.15, 0.2) is 53.9 Å². The van der Waals surface area contributed by atoms with Crippen LogP contribution in [-0.2, 0) is 0 Å². The highest BCUT2D eigenvalue weighted by Gasteiger charge is 2.09. The molecule has 1 heterocycles. The van der Waals surface area contributed by atoms with Gasteiger partial charge in [0.1, 0.15) is 12.1 Å². The minimum Gasteiger partial charge on any atom is -0.492 e. The Kier molecular flexibility index (Phi) is 5.20. The Balaban J connectivity index is 1.63. The zero-order chi connectivity index (χ0) is 16.9. The number of benzene rings is 2. The summed E-state index contributed by atoms with van der Waals surface area (Å²) in [5.41, 5.74) is 4.65. The molecular formula is C19H21N3OS. The molecule has 0 spiro atoms. The zero-order valence-corrected chi connectivity index (χ0v) is 15.0. The van der Waals surface area contributed by atoms with E-state index in [4.69, 9.17) is 4.74 Å². The molecule has 0 unspecified atom stereocenters. The van der Waals surface area contributed by atoms with Crippen LogP contribution in [0, 0.1) is 20.8 Å². The van der Waals surface area contributed by atoms with Crippen LogP contribution in [0.4, 0.5) is 0 Å². The van der Waals surface area contributed by atoms with Gasteiger partial charge in [-0.2, -0.15) is 0 Å². The molecule has 0 saturated carbocycles. The maximum atomic E-state index is 5.96. The first kappa shape index (κ1) is 16.6. The summed E-state index contributed by atoms with van der Waals surface area (Å²) in [6.07, 6.45) is 1.76. The molecule has 0 radical (unpaired) electrons. The first-order valence-electron chi connectivity index (χ1n) is 7.94. The summed E-state index contributed by atoms with van der Waals surface area (Å²) in [7, 11) is 0. The van der Waals surface area contributed by atoms with E-state index in [0.717, 1.165) is 22.3 Å². The third kappa shape index (κ3) is 3.62. The SMILES string of the molecule is Cc1ccccc1-n1cnnc1SCCOc1c(C)cccc1C. The van der Waals surface area contributed by atoms with Crippen molar-refractivity contribution in [1.29, 1.82) is 0 Å². The lowest BCUT2D eigenvalue weighted by Gasteiger charge is -2.12. The van der Waals surface area contributed by atoms with Gasteiger partial charge in [-0.25, -0.2) is 0 Å². The lowest BCUT2D eigenvalue weighted by atomic mass is 10.1. The van der Waals surface area contributed by atoms with Gasteiger partial charge >= 0.3 is 0 Å². The van der Waals surface area contributed by atoms with Gasteiger partial charge < -0.3 is 4.74 Å². The summed E-state index contributed by atoms with van der Waals surface area (Å²) in [6.45, 7) is 6.87. The first-order valence-corrected chi connectivity index (χ1v) is 8.93. The number of thioether (sulfide) groups is 1. The molecule has 0 saturated heterocycles. The van der Waals surface area contributed by atoms with E-state index in [1.165, 1.54) is 16.7 Å². The van der Waals surface area contributed by atoms with Crippen LogP contribution >= 0.6 is 11.8 Å². The van der Waals surface area contributed by atoms with Crippen molar-refractivity contribution < 1.29 is 4.74 Å². The van der Waals surface area contributed by atoms with Crippen molar-refractivity contribution >= 4 is 11.8 Å². The molecule has 3 rings (SSSR count). The highest BCUT2D eigenvalue weighted by Crippen LogP contribution is 2.24. The Hall–Kier alpha value is -2.27. The number of hydrogen-bond donors (Lipinski definition) is 0. The molecule has 2 aromatic carbocycles. The Morgan fingerprint density at radius 2 is 1.67 bits per heavy atom. The van der Waals surface area contributed by atoms with Crippen LogP contribution in [0.5, 0.6) is 5.75 Å². The van der Waals surface area contributed by atoms with E-state index in [1.807, 2.05) is 16.7 Å². The first-order chi connectivity index (χ1) is 11.7.